The first-order valence-corrected chi connectivity index (χ1v) is 6.49. The summed E-state index contributed by atoms with van der Waals surface area (Å²) in [6.45, 7) is 0.467. The van der Waals surface area contributed by atoms with Crippen molar-refractivity contribution in [2.45, 2.75) is 6.54 Å². The minimum absolute atomic E-state index is 0.180. The lowest BCUT2D eigenvalue weighted by Gasteiger charge is -2.16. The smallest absolute Gasteiger partial charge is 0.274 e. The zero-order chi connectivity index (χ0) is 14.5. The molecule has 0 aliphatic carbocycles. The lowest BCUT2D eigenvalue weighted by molar-refractivity contribution is 0.0778. The summed E-state index contributed by atoms with van der Waals surface area (Å²) < 4.78 is 0. The average Bonchev–Trinajstić information content (AvgIpc) is 2.46. The molecule has 0 aliphatic heterocycles. The van der Waals surface area contributed by atoms with E-state index in [1.54, 1.807) is 37.2 Å². The van der Waals surface area contributed by atoms with Gasteiger partial charge in [0.2, 0.25) is 0 Å². The van der Waals surface area contributed by atoms with Crippen molar-refractivity contribution >= 4 is 23.3 Å². The molecule has 0 aliphatic rings. The molecule has 5 nitrogen and oxygen atoms in total. The normalized spacial score (nSPS) is 10.2. The zero-order valence-electron chi connectivity index (χ0n) is 11.3. The fourth-order valence-electron chi connectivity index (χ4n) is 1.76. The first kappa shape index (κ1) is 14.3. The summed E-state index contributed by atoms with van der Waals surface area (Å²) in [5.74, 6) is 0.444. The number of halogens is 1. The van der Waals surface area contributed by atoms with E-state index in [4.69, 9.17) is 11.6 Å². The van der Waals surface area contributed by atoms with Gasteiger partial charge in [0.05, 0.1) is 0 Å². The Morgan fingerprint density at radius 3 is 2.70 bits per heavy atom. The molecule has 0 bridgehead atoms. The van der Waals surface area contributed by atoms with Gasteiger partial charge in [-0.2, -0.15) is 0 Å². The molecule has 0 unspecified atom stereocenters. The Hall–Kier alpha value is -2.14. The average molecular weight is 291 g/mol. The van der Waals surface area contributed by atoms with Gasteiger partial charge >= 0.3 is 0 Å². The van der Waals surface area contributed by atoms with Gasteiger partial charge in [-0.25, -0.2) is 0 Å². The fraction of sp³-hybridized carbons (Fsp3) is 0.214. The van der Waals surface area contributed by atoms with Crippen LogP contribution in [0.4, 0.5) is 5.82 Å². The van der Waals surface area contributed by atoms with E-state index in [2.05, 4.69) is 15.5 Å². The van der Waals surface area contributed by atoms with Gasteiger partial charge in [-0.1, -0.05) is 23.7 Å². The van der Waals surface area contributed by atoms with Crippen LogP contribution >= 0.6 is 11.6 Å². The summed E-state index contributed by atoms with van der Waals surface area (Å²) in [5, 5.41) is 11.3. The van der Waals surface area contributed by atoms with Gasteiger partial charge in [0.1, 0.15) is 5.82 Å². The van der Waals surface area contributed by atoms with Crippen molar-refractivity contribution in [1.82, 2.24) is 15.1 Å². The maximum Gasteiger partial charge on any atom is 0.274 e. The molecule has 2 rings (SSSR count). The summed E-state index contributed by atoms with van der Waals surface area (Å²) in [6.07, 6.45) is 0. The first-order chi connectivity index (χ1) is 9.60. The van der Waals surface area contributed by atoms with E-state index < -0.39 is 0 Å². The predicted octanol–water partition coefficient (Wildman–Crippen LogP) is 2.44. The van der Waals surface area contributed by atoms with Crippen molar-refractivity contribution in [3.05, 3.63) is 52.7 Å². The van der Waals surface area contributed by atoms with E-state index >= 15 is 0 Å². The fourth-order valence-corrected chi connectivity index (χ4v) is 1.97. The van der Waals surface area contributed by atoms with Gasteiger partial charge in [0, 0.05) is 25.7 Å². The third-order valence-corrected chi connectivity index (χ3v) is 3.03. The van der Waals surface area contributed by atoms with Crippen molar-refractivity contribution in [3.8, 4) is 0 Å². The molecule has 20 heavy (non-hydrogen) atoms. The first-order valence-electron chi connectivity index (χ1n) is 6.11. The molecular weight excluding hydrogens is 276 g/mol. The highest BCUT2D eigenvalue weighted by Gasteiger charge is 2.14. The molecule has 0 spiro atoms. The highest BCUT2D eigenvalue weighted by molar-refractivity contribution is 6.30. The number of hydrogen-bond acceptors (Lipinski definition) is 4. The van der Waals surface area contributed by atoms with Crippen LogP contribution < -0.4 is 5.32 Å². The topological polar surface area (TPSA) is 58.1 Å². The van der Waals surface area contributed by atoms with E-state index in [0.29, 0.717) is 23.1 Å². The van der Waals surface area contributed by atoms with Gasteiger partial charge in [0.15, 0.2) is 5.69 Å². The molecule has 2 aromatic rings. The van der Waals surface area contributed by atoms with Crippen molar-refractivity contribution in [2.24, 2.45) is 0 Å². The summed E-state index contributed by atoms with van der Waals surface area (Å²) in [6, 6.07) is 10.8. The molecule has 1 aromatic carbocycles. The van der Waals surface area contributed by atoms with E-state index in [1.807, 2.05) is 18.2 Å². The molecule has 1 N–H and O–H groups in total. The van der Waals surface area contributed by atoms with Crippen LogP contribution in [0.1, 0.15) is 16.1 Å². The number of hydrogen-bond donors (Lipinski definition) is 1. The SMILES string of the molecule is CNc1ccc(C(=O)N(C)Cc2cccc(Cl)c2)nn1. The molecule has 6 heteroatoms. The number of carbonyl (C=O) groups excluding carboxylic acids is 1. The Kier molecular flexibility index (Phi) is 4.53. The highest BCUT2D eigenvalue weighted by Crippen LogP contribution is 2.13. The zero-order valence-corrected chi connectivity index (χ0v) is 12.1. The molecule has 0 saturated heterocycles. The second-order valence-corrected chi connectivity index (χ2v) is 4.78. The van der Waals surface area contributed by atoms with Crippen molar-refractivity contribution in [3.63, 3.8) is 0 Å². The predicted molar refractivity (Wildman–Crippen MR) is 78.8 cm³/mol. The minimum Gasteiger partial charge on any atom is -0.372 e. The molecule has 104 valence electrons. The second kappa shape index (κ2) is 6.34. The van der Waals surface area contributed by atoms with Gasteiger partial charge in [-0.3, -0.25) is 4.79 Å². The Bertz CT molecular complexity index is 600. The molecule has 1 aromatic heterocycles. The number of rotatable bonds is 4. The molecule has 0 fully saturated rings. The van der Waals surface area contributed by atoms with E-state index in [0.717, 1.165) is 5.56 Å². The van der Waals surface area contributed by atoms with E-state index in [1.165, 1.54) is 0 Å². The van der Waals surface area contributed by atoms with Crippen LogP contribution in [0.3, 0.4) is 0 Å². The number of anilines is 1. The molecule has 0 saturated carbocycles. The lowest BCUT2D eigenvalue weighted by atomic mass is 10.2. The summed E-state index contributed by atoms with van der Waals surface area (Å²) in [5.41, 5.74) is 1.28. The molecule has 1 heterocycles. The highest BCUT2D eigenvalue weighted by atomic mass is 35.5. The monoisotopic (exact) mass is 290 g/mol. The van der Waals surface area contributed by atoms with Crippen LogP contribution in [0.25, 0.3) is 0 Å². The van der Waals surface area contributed by atoms with Crippen LogP contribution in [-0.2, 0) is 6.54 Å². The maximum atomic E-state index is 12.2. The standard InChI is InChI=1S/C14H15ClN4O/c1-16-13-7-6-12(17-18-13)14(20)19(2)9-10-4-3-5-11(15)8-10/h3-8H,9H2,1-2H3,(H,16,18). The van der Waals surface area contributed by atoms with Crippen LogP contribution in [0.5, 0.6) is 0 Å². The van der Waals surface area contributed by atoms with Gasteiger partial charge in [-0.05, 0) is 29.8 Å². The van der Waals surface area contributed by atoms with Gasteiger partial charge < -0.3 is 10.2 Å². The molecular formula is C14H15ClN4O. The second-order valence-electron chi connectivity index (χ2n) is 4.34. The number of benzene rings is 1. The molecule has 1 amide bonds. The number of carbonyl (C=O) groups is 1. The van der Waals surface area contributed by atoms with E-state index in [-0.39, 0.29) is 5.91 Å². The summed E-state index contributed by atoms with van der Waals surface area (Å²) in [4.78, 5) is 13.8. The minimum atomic E-state index is -0.180. The summed E-state index contributed by atoms with van der Waals surface area (Å²) >= 11 is 5.93. The molecule has 0 atom stereocenters. The summed E-state index contributed by atoms with van der Waals surface area (Å²) in [7, 11) is 3.47. The number of nitrogens with zero attached hydrogens (tertiary/aromatic N) is 3. The lowest BCUT2D eigenvalue weighted by Crippen LogP contribution is -2.27. The maximum absolute atomic E-state index is 12.2. The third-order valence-electron chi connectivity index (χ3n) is 2.80. The third kappa shape index (κ3) is 3.45. The number of aromatic nitrogens is 2. The largest absolute Gasteiger partial charge is 0.372 e. The van der Waals surface area contributed by atoms with Gasteiger partial charge in [-0.15, -0.1) is 10.2 Å². The number of amides is 1. The van der Waals surface area contributed by atoms with Gasteiger partial charge in [0.25, 0.3) is 5.91 Å². The Balaban J connectivity index is 2.07. The van der Waals surface area contributed by atoms with Crippen molar-refractivity contribution in [1.29, 1.82) is 0 Å². The van der Waals surface area contributed by atoms with Crippen LogP contribution in [0.2, 0.25) is 5.02 Å². The number of nitrogens with one attached hydrogen (secondary N) is 1. The van der Waals surface area contributed by atoms with Crippen molar-refractivity contribution < 1.29 is 4.79 Å². The Morgan fingerprint density at radius 1 is 1.30 bits per heavy atom. The van der Waals surface area contributed by atoms with Crippen molar-refractivity contribution in [2.75, 3.05) is 19.4 Å². The Labute approximate surface area is 122 Å². The van der Waals surface area contributed by atoms with Crippen LogP contribution in [0, 0.1) is 0 Å². The molecule has 0 radical (unpaired) electrons. The van der Waals surface area contributed by atoms with Crippen LogP contribution in [-0.4, -0.2) is 35.1 Å². The quantitative estimate of drug-likeness (QED) is 0.940. The van der Waals surface area contributed by atoms with Crippen LogP contribution in [0.15, 0.2) is 36.4 Å². The Morgan fingerprint density at radius 2 is 2.10 bits per heavy atom. The van der Waals surface area contributed by atoms with E-state index in [9.17, 15) is 4.79 Å².